The standard InChI is InChI=1S/C17H16N2O3/c1-10-7-15-13(8-16(10)22-2)14(18)9-19(15)12-5-3-11(4-6-12)17(20)21/h3-9H,18H2,1-2H3,(H,20,21). The zero-order valence-corrected chi connectivity index (χ0v) is 12.3. The van der Waals surface area contributed by atoms with Crippen molar-refractivity contribution in [3.05, 3.63) is 53.7 Å². The van der Waals surface area contributed by atoms with Crippen molar-refractivity contribution in [2.24, 2.45) is 0 Å². The van der Waals surface area contributed by atoms with Crippen LogP contribution < -0.4 is 10.5 Å². The van der Waals surface area contributed by atoms with Gasteiger partial charge in [0.2, 0.25) is 0 Å². The highest BCUT2D eigenvalue weighted by Crippen LogP contribution is 2.32. The molecular weight excluding hydrogens is 280 g/mol. The molecule has 22 heavy (non-hydrogen) atoms. The fraction of sp³-hybridized carbons (Fsp3) is 0.118. The number of aromatic carboxylic acids is 1. The number of methoxy groups -OCH3 is 1. The number of hydrogen-bond donors (Lipinski definition) is 2. The van der Waals surface area contributed by atoms with Gasteiger partial charge in [-0.25, -0.2) is 4.79 Å². The number of aromatic nitrogens is 1. The molecule has 0 bridgehead atoms. The van der Waals surface area contributed by atoms with Gasteiger partial charge in [-0.2, -0.15) is 0 Å². The van der Waals surface area contributed by atoms with Gasteiger partial charge in [-0.15, -0.1) is 0 Å². The minimum absolute atomic E-state index is 0.256. The molecule has 112 valence electrons. The molecule has 1 heterocycles. The third-order valence-electron chi connectivity index (χ3n) is 3.74. The summed E-state index contributed by atoms with van der Waals surface area (Å²) in [5, 5.41) is 9.88. The highest BCUT2D eigenvalue weighted by molar-refractivity contribution is 5.95. The lowest BCUT2D eigenvalue weighted by atomic mass is 10.1. The number of carboxylic acid groups (broad SMARTS) is 1. The lowest BCUT2D eigenvalue weighted by Crippen LogP contribution is -1.98. The number of rotatable bonds is 3. The van der Waals surface area contributed by atoms with Gasteiger partial charge in [0.15, 0.2) is 0 Å². The molecule has 0 atom stereocenters. The number of nitrogens with zero attached hydrogens (tertiary/aromatic N) is 1. The monoisotopic (exact) mass is 296 g/mol. The molecule has 0 amide bonds. The van der Waals surface area contributed by atoms with Crippen LogP contribution >= 0.6 is 0 Å². The average molecular weight is 296 g/mol. The zero-order valence-electron chi connectivity index (χ0n) is 12.3. The van der Waals surface area contributed by atoms with Crippen LogP contribution in [0, 0.1) is 6.92 Å². The Morgan fingerprint density at radius 1 is 1.23 bits per heavy atom. The Balaban J connectivity index is 2.18. The van der Waals surface area contributed by atoms with Gasteiger partial charge in [-0.05, 0) is 48.9 Å². The first-order valence-electron chi connectivity index (χ1n) is 6.80. The Morgan fingerprint density at radius 2 is 1.91 bits per heavy atom. The van der Waals surface area contributed by atoms with Crippen molar-refractivity contribution in [2.75, 3.05) is 12.8 Å². The highest BCUT2D eigenvalue weighted by Gasteiger charge is 2.11. The van der Waals surface area contributed by atoms with Gasteiger partial charge in [-0.1, -0.05) is 0 Å². The highest BCUT2D eigenvalue weighted by atomic mass is 16.5. The fourth-order valence-electron chi connectivity index (χ4n) is 2.58. The molecule has 5 heteroatoms. The van der Waals surface area contributed by atoms with Gasteiger partial charge in [0.05, 0.1) is 23.9 Å². The van der Waals surface area contributed by atoms with Crippen molar-refractivity contribution < 1.29 is 14.6 Å². The number of benzene rings is 2. The van der Waals surface area contributed by atoms with E-state index in [2.05, 4.69) is 0 Å². The number of nitrogen functional groups attached to an aromatic ring is 1. The van der Waals surface area contributed by atoms with E-state index in [-0.39, 0.29) is 5.56 Å². The molecule has 0 saturated carbocycles. The molecule has 3 N–H and O–H groups in total. The van der Waals surface area contributed by atoms with Crippen LogP contribution in [-0.4, -0.2) is 22.8 Å². The number of carbonyl (C=O) groups is 1. The van der Waals surface area contributed by atoms with Crippen LogP contribution in [0.25, 0.3) is 16.6 Å². The summed E-state index contributed by atoms with van der Waals surface area (Å²) in [5.74, 6) is -0.151. The Hall–Kier alpha value is -2.95. The number of fused-ring (bicyclic) bond motifs is 1. The molecule has 0 aliphatic rings. The van der Waals surface area contributed by atoms with Crippen LogP contribution in [-0.2, 0) is 0 Å². The Bertz CT molecular complexity index is 864. The summed E-state index contributed by atoms with van der Waals surface area (Å²) < 4.78 is 7.28. The van der Waals surface area contributed by atoms with E-state index in [4.69, 9.17) is 15.6 Å². The fourth-order valence-corrected chi connectivity index (χ4v) is 2.58. The summed E-state index contributed by atoms with van der Waals surface area (Å²) in [4.78, 5) is 10.9. The van der Waals surface area contributed by atoms with Crippen LogP contribution in [0.3, 0.4) is 0 Å². The molecule has 3 rings (SSSR count). The number of anilines is 1. The normalized spacial score (nSPS) is 10.8. The maximum absolute atomic E-state index is 10.9. The van der Waals surface area contributed by atoms with Crippen LogP contribution in [0.5, 0.6) is 5.75 Å². The third kappa shape index (κ3) is 2.16. The van der Waals surface area contributed by atoms with Crippen molar-refractivity contribution >= 4 is 22.6 Å². The predicted octanol–water partition coefficient (Wildman–Crippen LogP) is 3.23. The summed E-state index contributed by atoms with van der Waals surface area (Å²) in [5.41, 5.74) is 9.83. The van der Waals surface area contributed by atoms with Gasteiger partial charge in [0.1, 0.15) is 5.75 Å². The number of carboxylic acids is 1. The summed E-state index contributed by atoms with van der Waals surface area (Å²) >= 11 is 0. The molecule has 2 aromatic carbocycles. The second-order valence-electron chi connectivity index (χ2n) is 5.15. The van der Waals surface area contributed by atoms with Crippen LogP contribution in [0.4, 0.5) is 5.69 Å². The molecule has 0 spiro atoms. The molecule has 5 nitrogen and oxygen atoms in total. The molecule has 0 fully saturated rings. The van der Waals surface area contributed by atoms with E-state index in [1.807, 2.05) is 29.8 Å². The Morgan fingerprint density at radius 3 is 2.50 bits per heavy atom. The summed E-state index contributed by atoms with van der Waals surface area (Å²) in [6.45, 7) is 1.97. The van der Waals surface area contributed by atoms with Crippen LogP contribution in [0.1, 0.15) is 15.9 Å². The van der Waals surface area contributed by atoms with Gasteiger partial charge in [-0.3, -0.25) is 0 Å². The lowest BCUT2D eigenvalue weighted by Gasteiger charge is -2.08. The van der Waals surface area contributed by atoms with Gasteiger partial charge in [0.25, 0.3) is 0 Å². The first-order valence-corrected chi connectivity index (χ1v) is 6.80. The van der Waals surface area contributed by atoms with E-state index in [9.17, 15) is 4.79 Å². The summed E-state index contributed by atoms with van der Waals surface area (Å²) in [7, 11) is 1.63. The van der Waals surface area contributed by atoms with Gasteiger partial charge >= 0.3 is 5.97 Å². The van der Waals surface area contributed by atoms with E-state index in [0.29, 0.717) is 5.69 Å². The number of hydrogen-bond acceptors (Lipinski definition) is 3. The van der Waals surface area contributed by atoms with Crippen molar-refractivity contribution in [3.63, 3.8) is 0 Å². The minimum Gasteiger partial charge on any atom is -0.496 e. The second-order valence-corrected chi connectivity index (χ2v) is 5.15. The average Bonchev–Trinajstić information content (AvgIpc) is 2.82. The van der Waals surface area contributed by atoms with E-state index in [1.165, 1.54) is 0 Å². The Kier molecular flexibility index (Phi) is 3.25. The molecule has 0 unspecified atom stereocenters. The van der Waals surface area contributed by atoms with E-state index in [0.717, 1.165) is 27.9 Å². The molecule has 0 aliphatic carbocycles. The molecular formula is C17H16N2O3. The molecule has 0 radical (unpaired) electrons. The molecule has 3 aromatic rings. The first kappa shape index (κ1) is 14.0. The molecule has 0 saturated heterocycles. The SMILES string of the molecule is COc1cc2c(N)cn(-c3ccc(C(=O)O)cc3)c2cc1C. The maximum Gasteiger partial charge on any atom is 0.335 e. The van der Waals surface area contributed by atoms with Gasteiger partial charge in [0, 0.05) is 17.3 Å². The van der Waals surface area contributed by atoms with Gasteiger partial charge < -0.3 is 20.1 Å². The van der Waals surface area contributed by atoms with Crippen molar-refractivity contribution in [1.29, 1.82) is 0 Å². The number of nitrogens with two attached hydrogens (primary N) is 1. The molecule has 1 aromatic heterocycles. The Labute approximate surface area is 127 Å². The minimum atomic E-state index is -0.941. The van der Waals surface area contributed by atoms with Crippen molar-refractivity contribution in [2.45, 2.75) is 6.92 Å². The smallest absolute Gasteiger partial charge is 0.335 e. The van der Waals surface area contributed by atoms with Crippen molar-refractivity contribution in [3.8, 4) is 11.4 Å². The quantitative estimate of drug-likeness (QED) is 0.778. The second kappa shape index (κ2) is 5.11. The van der Waals surface area contributed by atoms with E-state index >= 15 is 0 Å². The lowest BCUT2D eigenvalue weighted by molar-refractivity contribution is 0.0697. The van der Waals surface area contributed by atoms with Crippen LogP contribution in [0.15, 0.2) is 42.6 Å². The third-order valence-corrected chi connectivity index (χ3v) is 3.74. The summed E-state index contributed by atoms with van der Waals surface area (Å²) in [6.07, 6.45) is 1.83. The molecule has 0 aliphatic heterocycles. The van der Waals surface area contributed by atoms with E-state index in [1.54, 1.807) is 31.4 Å². The number of ether oxygens (including phenoxy) is 1. The topological polar surface area (TPSA) is 77.5 Å². The predicted molar refractivity (Wildman–Crippen MR) is 85.9 cm³/mol. The number of aryl methyl sites for hydroxylation is 1. The first-order chi connectivity index (χ1) is 10.5. The van der Waals surface area contributed by atoms with Crippen molar-refractivity contribution in [1.82, 2.24) is 4.57 Å². The summed E-state index contributed by atoms with van der Waals surface area (Å²) in [6, 6.07) is 10.6. The largest absolute Gasteiger partial charge is 0.496 e. The van der Waals surface area contributed by atoms with E-state index < -0.39 is 5.97 Å². The van der Waals surface area contributed by atoms with Crippen LogP contribution in [0.2, 0.25) is 0 Å². The zero-order chi connectivity index (χ0) is 15.9. The maximum atomic E-state index is 10.9.